The van der Waals surface area contributed by atoms with Gasteiger partial charge in [0.2, 0.25) is 0 Å². The Labute approximate surface area is 123 Å². The largest absolute Gasteiger partial charge is 0.487 e. The Morgan fingerprint density at radius 1 is 1.20 bits per heavy atom. The van der Waals surface area contributed by atoms with E-state index in [-0.39, 0.29) is 11.1 Å². The maximum atomic E-state index is 5.92. The van der Waals surface area contributed by atoms with Gasteiger partial charge in [0.25, 0.3) is 0 Å². The van der Waals surface area contributed by atoms with Gasteiger partial charge in [-0.3, -0.25) is 0 Å². The first-order valence-corrected chi connectivity index (χ1v) is 7.81. The Hall–Kier alpha value is -1.02. The van der Waals surface area contributed by atoms with Crippen LogP contribution in [0.15, 0.2) is 18.2 Å². The third-order valence-corrected chi connectivity index (χ3v) is 3.67. The maximum absolute atomic E-state index is 5.92. The molecule has 20 heavy (non-hydrogen) atoms. The molecule has 0 radical (unpaired) electrons. The lowest BCUT2D eigenvalue weighted by Crippen LogP contribution is -2.36. The van der Waals surface area contributed by atoms with Crippen molar-refractivity contribution in [3.63, 3.8) is 0 Å². The number of benzene rings is 1. The lowest BCUT2D eigenvalue weighted by molar-refractivity contribution is 0.138. The summed E-state index contributed by atoms with van der Waals surface area (Å²) in [7, 11) is 0. The van der Waals surface area contributed by atoms with E-state index in [2.05, 4.69) is 58.1 Å². The highest BCUT2D eigenvalue weighted by atomic mass is 16.5. The van der Waals surface area contributed by atoms with E-state index in [0.717, 1.165) is 18.7 Å². The van der Waals surface area contributed by atoms with Crippen molar-refractivity contribution < 1.29 is 4.74 Å². The van der Waals surface area contributed by atoms with E-state index in [1.807, 2.05) is 0 Å². The molecule has 0 saturated heterocycles. The first-order chi connectivity index (χ1) is 9.25. The van der Waals surface area contributed by atoms with Crippen molar-refractivity contribution >= 4 is 0 Å². The highest BCUT2D eigenvalue weighted by molar-refractivity contribution is 5.41. The smallest absolute Gasteiger partial charge is 0.123 e. The molecule has 1 aromatic carbocycles. The number of nitrogens with one attached hydrogen (secondary N) is 1. The fraction of sp³-hybridized carbons (Fsp3) is 0.667. The zero-order chi connectivity index (χ0) is 14.8. The number of ether oxygens (including phenoxy) is 1. The number of unbranched alkanes of at least 4 members (excludes halogenated alkanes) is 1. The molecular weight excluding hydrogens is 246 g/mol. The van der Waals surface area contributed by atoms with Gasteiger partial charge in [0.1, 0.15) is 11.4 Å². The van der Waals surface area contributed by atoms with Gasteiger partial charge in [-0.05, 0) is 77.6 Å². The number of fused-ring (bicyclic) bond motifs is 1. The molecule has 0 fully saturated rings. The number of hydrogen-bond donors (Lipinski definition) is 1. The van der Waals surface area contributed by atoms with E-state index >= 15 is 0 Å². The normalized spacial score (nSPS) is 16.9. The van der Waals surface area contributed by atoms with Crippen LogP contribution in [0.1, 0.15) is 58.6 Å². The highest BCUT2D eigenvalue weighted by Gasteiger charge is 2.29. The van der Waals surface area contributed by atoms with Gasteiger partial charge in [-0.25, -0.2) is 0 Å². The van der Waals surface area contributed by atoms with Crippen LogP contribution in [0.25, 0.3) is 0 Å². The van der Waals surface area contributed by atoms with Crippen molar-refractivity contribution in [1.82, 2.24) is 5.32 Å². The molecule has 1 N–H and O–H groups in total. The quantitative estimate of drug-likeness (QED) is 0.817. The van der Waals surface area contributed by atoms with Crippen LogP contribution in [0.4, 0.5) is 0 Å². The van der Waals surface area contributed by atoms with Crippen molar-refractivity contribution in [3.05, 3.63) is 29.3 Å². The summed E-state index contributed by atoms with van der Waals surface area (Å²) >= 11 is 0. The molecule has 2 nitrogen and oxygen atoms in total. The highest BCUT2D eigenvalue weighted by Crippen LogP contribution is 2.35. The van der Waals surface area contributed by atoms with E-state index in [1.54, 1.807) is 0 Å². The summed E-state index contributed by atoms with van der Waals surface area (Å²) in [6.07, 6.45) is 4.67. The molecule has 1 aliphatic heterocycles. The predicted octanol–water partition coefficient (Wildman–Crippen LogP) is 4.11. The van der Waals surface area contributed by atoms with Crippen LogP contribution >= 0.6 is 0 Å². The Morgan fingerprint density at radius 2 is 1.95 bits per heavy atom. The average molecular weight is 275 g/mol. The molecule has 0 saturated carbocycles. The van der Waals surface area contributed by atoms with Gasteiger partial charge in [-0.1, -0.05) is 12.1 Å². The van der Waals surface area contributed by atoms with E-state index in [9.17, 15) is 0 Å². The van der Waals surface area contributed by atoms with Crippen LogP contribution < -0.4 is 10.1 Å². The lowest BCUT2D eigenvalue weighted by Gasteiger charge is -2.20. The van der Waals surface area contributed by atoms with Crippen molar-refractivity contribution in [3.8, 4) is 5.75 Å². The zero-order valence-corrected chi connectivity index (χ0v) is 13.7. The van der Waals surface area contributed by atoms with Crippen LogP contribution in [-0.4, -0.2) is 17.7 Å². The van der Waals surface area contributed by atoms with Crippen LogP contribution in [-0.2, 0) is 12.8 Å². The molecule has 1 aromatic rings. The second kappa shape index (κ2) is 5.77. The van der Waals surface area contributed by atoms with Crippen molar-refractivity contribution in [2.75, 3.05) is 6.54 Å². The average Bonchev–Trinajstić information content (AvgIpc) is 2.60. The fourth-order valence-corrected chi connectivity index (χ4v) is 2.74. The Balaban J connectivity index is 1.78. The molecular formula is C18H29NO. The molecule has 0 aliphatic carbocycles. The molecule has 0 bridgehead atoms. The minimum Gasteiger partial charge on any atom is -0.487 e. The molecule has 2 heteroatoms. The van der Waals surface area contributed by atoms with Crippen molar-refractivity contribution in [2.45, 2.75) is 71.4 Å². The Kier molecular flexibility index (Phi) is 4.43. The molecule has 112 valence electrons. The maximum Gasteiger partial charge on any atom is 0.123 e. The summed E-state index contributed by atoms with van der Waals surface area (Å²) < 4.78 is 5.92. The minimum absolute atomic E-state index is 0.0302. The van der Waals surface area contributed by atoms with Gasteiger partial charge in [0.15, 0.2) is 0 Å². The number of hydrogen-bond acceptors (Lipinski definition) is 2. The Bertz CT molecular complexity index is 457. The molecule has 0 atom stereocenters. The summed E-state index contributed by atoms with van der Waals surface area (Å²) in [5.74, 6) is 1.08. The molecule has 0 aromatic heterocycles. The molecule has 1 heterocycles. The molecule has 0 amide bonds. The molecule has 0 spiro atoms. The van der Waals surface area contributed by atoms with E-state index < -0.39 is 0 Å². The van der Waals surface area contributed by atoms with Gasteiger partial charge in [-0.15, -0.1) is 0 Å². The summed E-state index contributed by atoms with van der Waals surface area (Å²) in [4.78, 5) is 0. The Morgan fingerprint density at radius 3 is 2.65 bits per heavy atom. The third kappa shape index (κ3) is 4.52. The molecule has 2 rings (SSSR count). The fourth-order valence-electron chi connectivity index (χ4n) is 2.74. The van der Waals surface area contributed by atoms with E-state index in [0.29, 0.717) is 0 Å². The predicted molar refractivity (Wildman–Crippen MR) is 85.5 cm³/mol. The second-order valence-corrected chi connectivity index (χ2v) is 7.61. The van der Waals surface area contributed by atoms with Gasteiger partial charge in [0, 0.05) is 12.0 Å². The van der Waals surface area contributed by atoms with E-state index in [1.165, 1.54) is 30.4 Å². The van der Waals surface area contributed by atoms with Crippen LogP contribution in [0.5, 0.6) is 5.75 Å². The zero-order valence-electron chi connectivity index (χ0n) is 13.7. The second-order valence-electron chi connectivity index (χ2n) is 7.61. The van der Waals surface area contributed by atoms with Gasteiger partial charge in [0.05, 0.1) is 0 Å². The summed E-state index contributed by atoms with van der Waals surface area (Å²) in [5.41, 5.74) is 3.02. The lowest BCUT2D eigenvalue weighted by atomic mass is 9.98. The first-order valence-electron chi connectivity index (χ1n) is 7.81. The van der Waals surface area contributed by atoms with Crippen molar-refractivity contribution in [2.24, 2.45) is 0 Å². The summed E-state index contributed by atoms with van der Waals surface area (Å²) in [5, 5.41) is 3.54. The number of rotatable bonds is 5. The first kappa shape index (κ1) is 15.4. The standard InChI is InChI=1S/C18H29NO/c1-17(2,3)19-11-7-6-8-14-9-10-16-15(12-14)13-18(4,5)20-16/h9-10,12,19H,6-8,11,13H2,1-5H3. The van der Waals surface area contributed by atoms with Gasteiger partial charge < -0.3 is 10.1 Å². The van der Waals surface area contributed by atoms with Crippen LogP contribution in [0.2, 0.25) is 0 Å². The van der Waals surface area contributed by atoms with E-state index in [4.69, 9.17) is 4.74 Å². The third-order valence-electron chi connectivity index (χ3n) is 3.67. The molecule has 0 unspecified atom stereocenters. The minimum atomic E-state index is -0.0302. The van der Waals surface area contributed by atoms with Crippen molar-refractivity contribution in [1.29, 1.82) is 0 Å². The SMILES string of the molecule is CC(C)(C)NCCCCc1ccc2c(c1)CC(C)(C)O2. The topological polar surface area (TPSA) is 21.3 Å². The van der Waals surface area contributed by atoms with Crippen LogP contribution in [0, 0.1) is 0 Å². The van der Waals surface area contributed by atoms with Crippen LogP contribution in [0.3, 0.4) is 0 Å². The molecule has 1 aliphatic rings. The number of aryl methyl sites for hydroxylation is 1. The van der Waals surface area contributed by atoms with Gasteiger partial charge in [-0.2, -0.15) is 0 Å². The van der Waals surface area contributed by atoms with Gasteiger partial charge >= 0.3 is 0 Å². The monoisotopic (exact) mass is 275 g/mol. The summed E-state index contributed by atoms with van der Waals surface area (Å²) in [6.45, 7) is 12.1. The summed E-state index contributed by atoms with van der Waals surface area (Å²) in [6, 6.07) is 6.70.